The van der Waals surface area contributed by atoms with E-state index in [2.05, 4.69) is 0 Å². The van der Waals surface area contributed by atoms with E-state index in [1.54, 1.807) is 23.3 Å². The van der Waals surface area contributed by atoms with Crippen LogP contribution in [0.15, 0.2) is 91.0 Å². The molecule has 2 aliphatic rings. The van der Waals surface area contributed by atoms with E-state index in [4.69, 9.17) is 9.57 Å². The van der Waals surface area contributed by atoms with Gasteiger partial charge in [0.05, 0.1) is 24.5 Å². The van der Waals surface area contributed by atoms with Crippen LogP contribution in [-0.4, -0.2) is 30.1 Å². The molecule has 2 aliphatic heterocycles. The first kappa shape index (κ1) is 21.2. The van der Waals surface area contributed by atoms with Gasteiger partial charge in [0.2, 0.25) is 5.91 Å². The maximum absolute atomic E-state index is 13.9. The number of carbonyl (C=O) groups excluding carboxylic acids is 2. The summed E-state index contributed by atoms with van der Waals surface area (Å²) in [6, 6.07) is 26.9. The lowest BCUT2D eigenvalue weighted by molar-refractivity contribution is -0.126. The zero-order valence-corrected chi connectivity index (χ0v) is 18.9. The number of methoxy groups -OCH3 is 1. The lowest BCUT2D eigenvalue weighted by Crippen LogP contribution is -2.37. The first-order valence-corrected chi connectivity index (χ1v) is 11.3. The SMILES string of the molecule is COc1cc([C@H]2[C@H]3C(=O)N(c4cccc5ccccc45)C(=O)[C@@H]3ON2c2ccccc2)ccc1O. The highest BCUT2D eigenvalue weighted by molar-refractivity contribution is 6.26. The Labute approximate surface area is 201 Å². The summed E-state index contributed by atoms with van der Waals surface area (Å²) in [6.45, 7) is 0. The van der Waals surface area contributed by atoms with Crippen LogP contribution < -0.4 is 14.7 Å². The van der Waals surface area contributed by atoms with Gasteiger partial charge in [-0.3, -0.25) is 14.4 Å². The summed E-state index contributed by atoms with van der Waals surface area (Å²) in [5.41, 5.74) is 1.96. The number of aromatic hydroxyl groups is 1. The smallest absolute Gasteiger partial charge is 0.266 e. The summed E-state index contributed by atoms with van der Waals surface area (Å²) in [7, 11) is 1.47. The Kier molecular flexibility index (Phi) is 4.93. The third kappa shape index (κ3) is 3.24. The Morgan fingerprint density at radius 3 is 2.40 bits per heavy atom. The fourth-order valence-electron chi connectivity index (χ4n) is 5.07. The number of hydroxylamine groups is 1. The molecule has 2 heterocycles. The minimum atomic E-state index is -0.980. The van der Waals surface area contributed by atoms with E-state index >= 15 is 0 Å². The van der Waals surface area contributed by atoms with Crippen molar-refractivity contribution in [1.82, 2.24) is 0 Å². The van der Waals surface area contributed by atoms with Gasteiger partial charge in [0.25, 0.3) is 5.91 Å². The summed E-state index contributed by atoms with van der Waals surface area (Å²) in [5.74, 6) is -1.24. The quantitative estimate of drug-likeness (QED) is 0.443. The van der Waals surface area contributed by atoms with E-state index in [1.807, 2.05) is 66.7 Å². The number of benzene rings is 4. The van der Waals surface area contributed by atoms with Crippen molar-refractivity contribution in [3.05, 3.63) is 96.6 Å². The van der Waals surface area contributed by atoms with E-state index in [0.29, 0.717) is 11.3 Å². The average Bonchev–Trinajstić information content (AvgIpc) is 3.40. The van der Waals surface area contributed by atoms with E-state index in [0.717, 1.165) is 16.5 Å². The lowest BCUT2D eigenvalue weighted by Gasteiger charge is -2.29. The fourth-order valence-corrected chi connectivity index (χ4v) is 5.07. The molecular weight excluding hydrogens is 444 g/mol. The molecule has 1 N–H and O–H groups in total. The molecule has 2 fully saturated rings. The van der Waals surface area contributed by atoms with Crippen LogP contribution in [0.25, 0.3) is 10.8 Å². The molecule has 0 bridgehead atoms. The molecule has 0 spiro atoms. The summed E-state index contributed by atoms with van der Waals surface area (Å²) in [5, 5.41) is 13.5. The number of carbonyl (C=O) groups is 2. The van der Waals surface area contributed by atoms with Crippen molar-refractivity contribution in [2.45, 2.75) is 12.1 Å². The normalized spacial score (nSPS) is 21.6. The molecule has 35 heavy (non-hydrogen) atoms. The van der Waals surface area contributed by atoms with Crippen molar-refractivity contribution in [1.29, 1.82) is 0 Å². The van der Waals surface area contributed by atoms with Gasteiger partial charge in [-0.15, -0.1) is 0 Å². The first-order chi connectivity index (χ1) is 17.1. The Hall–Kier alpha value is -4.36. The largest absolute Gasteiger partial charge is 0.504 e. The number of para-hydroxylation sites is 1. The minimum Gasteiger partial charge on any atom is -0.504 e. The second-order valence-electron chi connectivity index (χ2n) is 8.60. The molecule has 4 aromatic carbocycles. The van der Waals surface area contributed by atoms with Crippen LogP contribution in [0.2, 0.25) is 0 Å². The first-order valence-electron chi connectivity index (χ1n) is 11.3. The maximum Gasteiger partial charge on any atom is 0.266 e. The zero-order chi connectivity index (χ0) is 24.1. The molecule has 7 nitrogen and oxygen atoms in total. The van der Waals surface area contributed by atoms with Crippen LogP contribution in [0.5, 0.6) is 11.5 Å². The second kappa shape index (κ2) is 8.14. The average molecular weight is 466 g/mol. The highest BCUT2D eigenvalue weighted by Crippen LogP contribution is 2.49. The van der Waals surface area contributed by atoms with E-state index in [1.165, 1.54) is 18.1 Å². The van der Waals surface area contributed by atoms with E-state index < -0.39 is 24.0 Å². The molecule has 2 saturated heterocycles. The monoisotopic (exact) mass is 466 g/mol. The third-order valence-corrected chi connectivity index (χ3v) is 6.68. The van der Waals surface area contributed by atoms with Gasteiger partial charge in [-0.1, -0.05) is 60.7 Å². The predicted molar refractivity (Wildman–Crippen MR) is 131 cm³/mol. The maximum atomic E-state index is 13.9. The van der Waals surface area contributed by atoms with Gasteiger partial charge in [-0.25, -0.2) is 9.96 Å². The summed E-state index contributed by atoms with van der Waals surface area (Å²) < 4.78 is 5.31. The third-order valence-electron chi connectivity index (χ3n) is 6.68. The molecule has 0 unspecified atom stereocenters. The van der Waals surface area contributed by atoms with Gasteiger partial charge in [0.1, 0.15) is 5.92 Å². The highest BCUT2D eigenvalue weighted by atomic mass is 16.7. The number of imide groups is 1. The molecule has 4 aromatic rings. The van der Waals surface area contributed by atoms with Crippen molar-refractivity contribution in [3.8, 4) is 11.5 Å². The number of hydrogen-bond acceptors (Lipinski definition) is 6. The molecule has 0 aromatic heterocycles. The van der Waals surface area contributed by atoms with Crippen molar-refractivity contribution in [2.75, 3.05) is 17.1 Å². The molecule has 0 saturated carbocycles. The standard InChI is InChI=1S/C28H22N2O5/c1-34-23-16-18(14-15-22(23)31)25-24-26(35-30(25)19-10-3-2-4-11-19)28(33)29(27(24)32)21-13-7-9-17-8-5-6-12-20(17)21/h2-16,24-26,31H,1H3/t24-,25+,26-/m1/s1. The number of fused-ring (bicyclic) bond motifs is 2. The van der Waals surface area contributed by atoms with Gasteiger partial charge in [-0.2, -0.15) is 0 Å². The number of ether oxygens (including phenoxy) is 1. The topological polar surface area (TPSA) is 79.3 Å². The molecule has 2 amide bonds. The van der Waals surface area contributed by atoms with Gasteiger partial charge in [0.15, 0.2) is 17.6 Å². The molecular formula is C28H22N2O5. The Morgan fingerprint density at radius 2 is 1.60 bits per heavy atom. The Morgan fingerprint density at radius 1 is 0.857 bits per heavy atom. The molecule has 0 radical (unpaired) electrons. The van der Waals surface area contributed by atoms with Crippen molar-refractivity contribution < 1.29 is 24.3 Å². The molecule has 0 aliphatic carbocycles. The van der Waals surface area contributed by atoms with Gasteiger partial charge in [0, 0.05) is 5.39 Å². The molecule has 7 heteroatoms. The van der Waals surface area contributed by atoms with E-state index in [9.17, 15) is 14.7 Å². The number of amides is 2. The van der Waals surface area contributed by atoms with Gasteiger partial charge in [-0.05, 0) is 41.3 Å². The van der Waals surface area contributed by atoms with Crippen LogP contribution in [0, 0.1) is 5.92 Å². The van der Waals surface area contributed by atoms with E-state index in [-0.39, 0.29) is 17.4 Å². The van der Waals surface area contributed by atoms with Crippen LogP contribution >= 0.6 is 0 Å². The van der Waals surface area contributed by atoms with Crippen LogP contribution in [0.1, 0.15) is 11.6 Å². The number of nitrogens with zero attached hydrogens (tertiary/aromatic N) is 2. The summed E-state index contributed by atoms with van der Waals surface area (Å²) in [4.78, 5) is 35.1. The number of anilines is 2. The molecule has 3 atom stereocenters. The zero-order valence-electron chi connectivity index (χ0n) is 18.9. The molecule has 6 rings (SSSR count). The van der Waals surface area contributed by atoms with Crippen LogP contribution in [0.4, 0.5) is 11.4 Å². The van der Waals surface area contributed by atoms with Crippen molar-refractivity contribution in [3.63, 3.8) is 0 Å². The summed E-state index contributed by atoms with van der Waals surface area (Å²) in [6.07, 6.45) is -0.980. The lowest BCUT2D eigenvalue weighted by atomic mass is 9.90. The second-order valence-corrected chi connectivity index (χ2v) is 8.60. The van der Waals surface area contributed by atoms with Gasteiger partial charge < -0.3 is 9.84 Å². The number of phenols is 1. The number of hydrogen-bond donors (Lipinski definition) is 1. The Balaban J connectivity index is 1.48. The van der Waals surface area contributed by atoms with Crippen LogP contribution in [-0.2, 0) is 14.4 Å². The minimum absolute atomic E-state index is 0.0100. The van der Waals surface area contributed by atoms with Crippen molar-refractivity contribution >= 4 is 34.0 Å². The number of rotatable bonds is 4. The predicted octanol–water partition coefficient (Wildman–Crippen LogP) is 4.61. The Bertz CT molecular complexity index is 1450. The van der Waals surface area contributed by atoms with Crippen LogP contribution in [0.3, 0.4) is 0 Å². The fraction of sp³-hybridized carbons (Fsp3) is 0.143. The molecule has 174 valence electrons. The highest BCUT2D eigenvalue weighted by Gasteiger charge is 2.60. The van der Waals surface area contributed by atoms with Crippen molar-refractivity contribution in [2.24, 2.45) is 5.92 Å². The summed E-state index contributed by atoms with van der Waals surface area (Å²) >= 11 is 0. The van der Waals surface area contributed by atoms with Gasteiger partial charge >= 0.3 is 0 Å². The number of phenolic OH excluding ortho intramolecular Hbond substituents is 1.